The molecule has 0 aliphatic heterocycles. The molecule has 0 atom stereocenters. The number of thioether (sulfide) groups is 1. The van der Waals surface area contributed by atoms with E-state index in [-0.39, 0.29) is 0 Å². The van der Waals surface area contributed by atoms with Crippen LogP contribution in [0.15, 0.2) is 18.2 Å². The van der Waals surface area contributed by atoms with Gasteiger partial charge in [0.1, 0.15) is 5.75 Å². The summed E-state index contributed by atoms with van der Waals surface area (Å²) in [5, 5.41) is 0. The number of ether oxygens (including phenoxy) is 1. The highest BCUT2D eigenvalue weighted by atomic mass is 32.2. The van der Waals surface area contributed by atoms with Crippen LogP contribution in [-0.2, 0) is 5.75 Å². The third-order valence-corrected chi connectivity index (χ3v) is 2.21. The highest BCUT2D eigenvalue weighted by Gasteiger charge is 2.01. The third-order valence-electron chi connectivity index (χ3n) is 1.61. The van der Waals surface area contributed by atoms with Crippen LogP contribution in [0.2, 0.25) is 0 Å². The summed E-state index contributed by atoms with van der Waals surface area (Å²) in [5.74, 6) is 1.84. The SMILES string of the molecule is COc1cc(N)ccc1CSC. The van der Waals surface area contributed by atoms with Crippen molar-refractivity contribution in [1.29, 1.82) is 0 Å². The van der Waals surface area contributed by atoms with Gasteiger partial charge in [-0.3, -0.25) is 0 Å². The summed E-state index contributed by atoms with van der Waals surface area (Å²) in [6.45, 7) is 0. The van der Waals surface area contributed by atoms with Gasteiger partial charge in [0.2, 0.25) is 0 Å². The molecule has 1 rings (SSSR count). The average molecular weight is 183 g/mol. The minimum absolute atomic E-state index is 0.747. The first kappa shape index (κ1) is 9.26. The largest absolute Gasteiger partial charge is 0.496 e. The molecule has 12 heavy (non-hydrogen) atoms. The number of nitrogen functional groups attached to an aromatic ring is 1. The molecule has 0 amide bonds. The predicted molar refractivity (Wildman–Crippen MR) is 54.6 cm³/mol. The van der Waals surface area contributed by atoms with Crippen molar-refractivity contribution in [1.82, 2.24) is 0 Å². The number of methoxy groups -OCH3 is 1. The van der Waals surface area contributed by atoms with Crippen LogP contribution in [0.5, 0.6) is 5.75 Å². The molecule has 3 heteroatoms. The minimum Gasteiger partial charge on any atom is -0.496 e. The second kappa shape index (κ2) is 4.26. The van der Waals surface area contributed by atoms with Crippen molar-refractivity contribution in [3.8, 4) is 5.75 Å². The molecule has 2 nitrogen and oxygen atoms in total. The summed E-state index contributed by atoms with van der Waals surface area (Å²) >= 11 is 1.77. The Hall–Kier alpha value is -0.830. The third kappa shape index (κ3) is 2.08. The summed E-state index contributed by atoms with van der Waals surface area (Å²) in [6, 6.07) is 5.75. The van der Waals surface area contributed by atoms with Gasteiger partial charge < -0.3 is 10.5 Å². The van der Waals surface area contributed by atoms with Gasteiger partial charge in [0.25, 0.3) is 0 Å². The lowest BCUT2D eigenvalue weighted by molar-refractivity contribution is 0.411. The molecular weight excluding hydrogens is 170 g/mol. The molecule has 0 aliphatic rings. The highest BCUT2D eigenvalue weighted by Crippen LogP contribution is 2.24. The zero-order chi connectivity index (χ0) is 8.97. The van der Waals surface area contributed by atoms with Crippen molar-refractivity contribution in [2.75, 3.05) is 19.1 Å². The Morgan fingerprint density at radius 3 is 2.83 bits per heavy atom. The van der Waals surface area contributed by atoms with E-state index in [0.717, 1.165) is 17.2 Å². The van der Waals surface area contributed by atoms with Crippen LogP contribution in [0, 0.1) is 0 Å². The van der Waals surface area contributed by atoms with Crippen LogP contribution in [0.3, 0.4) is 0 Å². The molecule has 0 unspecified atom stereocenters. The number of nitrogens with two attached hydrogens (primary N) is 1. The first-order valence-corrected chi connectivity index (χ1v) is 5.08. The lowest BCUT2D eigenvalue weighted by atomic mass is 10.2. The summed E-state index contributed by atoms with van der Waals surface area (Å²) < 4.78 is 5.19. The molecule has 0 saturated carbocycles. The van der Waals surface area contributed by atoms with E-state index < -0.39 is 0 Å². The van der Waals surface area contributed by atoms with Crippen molar-refractivity contribution in [2.45, 2.75) is 5.75 Å². The second-order valence-electron chi connectivity index (χ2n) is 2.50. The van der Waals surface area contributed by atoms with Crippen molar-refractivity contribution in [2.24, 2.45) is 0 Å². The lowest BCUT2D eigenvalue weighted by Crippen LogP contribution is -1.92. The molecule has 1 aromatic rings. The van der Waals surface area contributed by atoms with Gasteiger partial charge >= 0.3 is 0 Å². The van der Waals surface area contributed by atoms with E-state index in [1.165, 1.54) is 5.56 Å². The molecule has 0 heterocycles. The van der Waals surface area contributed by atoms with Gasteiger partial charge in [-0.15, -0.1) is 0 Å². The number of anilines is 1. The molecule has 0 saturated heterocycles. The fourth-order valence-electron chi connectivity index (χ4n) is 1.04. The fourth-order valence-corrected chi connectivity index (χ4v) is 1.59. The van der Waals surface area contributed by atoms with Crippen LogP contribution < -0.4 is 10.5 Å². The van der Waals surface area contributed by atoms with Gasteiger partial charge in [-0.2, -0.15) is 11.8 Å². The van der Waals surface area contributed by atoms with Gasteiger partial charge in [-0.25, -0.2) is 0 Å². The van der Waals surface area contributed by atoms with Gasteiger partial charge in [0, 0.05) is 23.1 Å². The zero-order valence-electron chi connectivity index (χ0n) is 7.33. The number of hydrogen-bond acceptors (Lipinski definition) is 3. The van der Waals surface area contributed by atoms with E-state index in [1.54, 1.807) is 18.9 Å². The molecule has 0 radical (unpaired) electrons. The lowest BCUT2D eigenvalue weighted by Gasteiger charge is -2.07. The maximum absolute atomic E-state index is 5.61. The molecule has 0 aromatic heterocycles. The minimum atomic E-state index is 0.747. The standard InChI is InChI=1S/C9H13NOS/c1-11-9-5-8(10)4-3-7(9)6-12-2/h3-5H,6,10H2,1-2H3. The van der Waals surface area contributed by atoms with E-state index in [2.05, 4.69) is 6.26 Å². The molecule has 0 fully saturated rings. The van der Waals surface area contributed by atoms with E-state index in [9.17, 15) is 0 Å². The maximum Gasteiger partial charge on any atom is 0.124 e. The van der Waals surface area contributed by atoms with Crippen molar-refractivity contribution < 1.29 is 4.74 Å². The number of rotatable bonds is 3. The molecule has 0 aliphatic carbocycles. The Bertz CT molecular complexity index is 263. The zero-order valence-corrected chi connectivity index (χ0v) is 8.15. The molecule has 66 valence electrons. The number of hydrogen-bond donors (Lipinski definition) is 1. The van der Waals surface area contributed by atoms with Crippen LogP contribution in [0.1, 0.15) is 5.56 Å². The Labute approximate surface area is 77.1 Å². The van der Waals surface area contributed by atoms with Crippen LogP contribution >= 0.6 is 11.8 Å². The Morgan fingerprint density at radius 1 is 1.50 bits per heavy atom. The van der Waals surface area contributed by atoms with Crippen molar-refractivity contribution >= 4 is 17.4 Å². The molecule has 0 spiro atoms. The van der Waals surface area contributed by atoms with E-state index >= 15 is 0 Å². The first-order valence-electron chi connectivity index (χ1n) is 3.69. The summed E-state index contributed by atoms with van der Waals surface area (Å²) in [4.78, 5) is 0. The fraction of sp³-hybridized carbons (Fsp3) is 0.333. The normalized spacial score (nSPS) is 9.83. The summed E-state index contributed by atoms with van der Waals surface area (Å²) in [5.41, 5.74) is 7.55. The summed E-state index contributed by atoms with van der Waals surface area (Å²) in [6.07, 6.45) is 2.07. The van der Waals surface area contributed by atoms with E-state index in [4.69, 9.17) is 10.5 Å². The van der Waals surface area contributed by atoms with Crippen molar-refractivity contribution in [3.63, 3.8) is 0 Å². The summed E-state index contributed by atoms with van der Waals surface area (Å²) in [7, 11) is 1.67. The molecular formula is C9H13NOS. The van der Waals surface area contributed by atoms with Crippen molar-refractivity contribution in [3.05, 3.63) is 23.8 Å². The maximum atomic E-state index is 5.61. The van der Waals surface area contributed by atoms with Gasteiger partial charge in [0.05, 0.1) is 7.11 Å². The highest BCUT2D eigenvalue weighted by molar-refractivity contribution is 7.97. The second-order valence-corrected chi connectivity index (χ2v) is 3.37. The molecule has 0 bridgehead atoms. The quantitative estimate of drug-likeness (QED) is 0.729. The van der Waals surface area contributed by atoms with Crippen LogP contribution in [0.25, 0.3) is 0 Å². The Kier molecular flexibility index (Phi) is 3.29. The van der Waals surface area contributed by atoms with Gasteiger partial charge in [-0.05, 0) is 12.3 Å². The topological polar surface area (TPSA) is 35.2 Å². The van der Waals surface area contributed by atoms with Gasteiger partial charge in [-0.1, -0.05) is 6.07 Å². The smallest absolute Gasteiger partial charge is 0.124 e. The number of benzene rings is 1. The van der Waals surface area contributed by atoms with E-state index in [1.807, 2.05) is 18.2 Å². The molecule has 1 aromatic carbocycles. The van der Waals surface area contributed by atoms with Gasteiger partial charge in [0.15, 0.2) is 0 Å². The van der Waals surface area contributed by atoms with E-state index in [0.29, 0.717) is 0 Å². The monoisotopic (exact) mass is 183 g/mol. The van der Waals surface area contributed by atoms with Crippen LogP contribution in [-0.4, -0.2) is 13.4 Å². The Morgan fingerprint density at radius 2 is 2.25 bits per heavy atom. The molecule has 2 N–H and O–H groups in total. The first-order chi connectivity index (χ1) is 5.77. The Balaban J connectivity index is 2.94. The predicted octanol–water partition coefficient (Wildman–Crippen LogP) is 2.14. The average Bonchev–Trinajstić information content (AvgIpc) is 2.08. The van der Waals surface area contributed by atoms with Crippen LogP contribution in [0.4, 0.5) is 5.69 Å².